The predicted molar refractivity (Wildman–Crippen MR) is 57.2 cm³/mol. The molecule has 74 valence electrons. The van der Waals surface area contributed by atoms with Crippen molar-refractivity contribution in [1.29, 1.82) is 0 Å². The minimum atomic E-state index is -3.10. The van der Waals surface area contributed by atoms with E-state index in [0.717, 1.165) is 4.43 Å². The molecule has 0 aliphatic heterocycles. The molecule has 0 aliphatic carbocycles. The van der Waals surface area contributed by atoms with Crippen LogP contribution >= 0.6 is 22.6 Å². The van der Waals surface area contributed by atoms with Gasteiger partial charge in [-0.25, -0.2) is 13.1 Å². The summed E-state index contributed by atoms with van der Waals surface area (Å²) in [5.41, 5.74) is 0. The maximum Gasteiger partial charge on any atom is 0.213 e. The first-order chi connectivity index (χ1) is 5.62. The van der Waals surface area contributed by atoms with Crippen molar-refractivity contribution in [2.75, 3.05) is 29.9 Å². The second-order valence-corrected chi connectivity index (χ2v) is 5.10. The van der Waals surface area contributed by atoms with Crippen LogP contribution in [0.25, 0.3) is 0 Å². The lowest BCUT2D eigenvalue weighted by Gasteiger charge is -2.04. The normalized spacial score (nSPS) is 11.8. The van der Waals surface area contributed by atoms with Crippen LogP contribution < -0.4 is 4.72 Å². The third-order valence-corrected chi connectivity index (χ3v) is 3.00. The first-order valence-electron chi connectivity index (χ1n) is 3.73. The number of alkyl halides is 1. The number of ether oxygens (including phenoxy) is 1. The van der Waals surface area contributed by atoms with Gasteiger partial charge in [0.15, 0.2) is 0 Å². The van der Waals surface area contributed by atoms with Crippen LogP contribution in [-0.2, 0) is 14.8 Å². The summed E-state index contributed by atoms with van der Waals surface area (Å²) in [6.07, 6.45) is 0. The fraction of sp³-hybridized carbons (Fsp3) is 1.00. The van der Waals surface area contributed by atoms with Crippen LogP contribution in [0.2, 0.25) is 0 Å². The molecule has 0 amide bonds. The summed E-state index contributed by atoms with van der Waals surface area (Å²) >= 11 is 2.11. The zero-order valence-electron chi connectivity index (χ0n) is 7.05. The van der Waals surface area contributed by atoms with E-state index in [9.17, 15) is 8.42 Å². The molecule has 0 fully saturated rings. The average molecular weight is 307 g/mol. The first-order valence-corrected chi connectivity index (χ1v) is 6.91. The quantitative estimate of drug-likeness (QED) is 0.420. The molecule has 0 aromatic heterocycles. The van der Waals surface area contributed by atoms with Crippen molar-refractivity contribution in [3.8, 4) is 0 Å². The first kappa shape index (κ1) is 12.6. The maximum absolute atomic E-state index is 11.1. The molecular formula is C6H14INO3S. The monoisotopic (exact) mass is 307 g/mol. The predicted octanol–water partition coefficient (Wildman–Crippen LogP) is 0.377. The van der Waals surface area contributed by atoms with E-state index in [1.807, 2.05) is 6.92 Å². The third kappa shape index (κ3) is 7.26. The van der Waals surface area contributed by atoms with Gasteiger partial charge >= 0.3 is 0 Å². The van der Waals surface area contributed by atoms with E-state index >= 15 is 0 Å². The summed E-state index contributed by atoms with van der Waals surface area (Å²) in [6, 6.07) is 0. The number of hydrogen-bond donors (Lipinski definition) is 1. The molecule has 0 saturated heterocycles. The Morgan fingerprint density at radius 3 is 2.67 bits per heavy atom. The summed E-state index contributed by atoms with van der Waals surface area (Å²) in [6.45, 7) is 3.16. The van der Waals surface area contributed by atoms with Crippen LogP contribution in [0.4, 0.5) is 0 Å². The Morgan fingerprint density at radius 1 is 1.50 bits per heavy atom. The molecule has 0 atom stereocenters. The Hall–Kier alpha value is 0.600. The van der Waals surface area contributed by atoms with E-state index in [0.29, 0.717) is 13.2 Å². The Bertz CT molecular complexity index is 193. The topological polar surface area (TPSA) is 55.4 Å². The zero-order chi connectivity index (χ0) is 9.45. The number of sulfonamides is 1. The van der Waals surface area contributed by atoms with Crippen molar-refractivity contribution in [2.45, 2.75) is 6.92 Å². The Balaban J connectivity index is 3.58. The fourth-order valence-electron chi connectivity index (χ4n) is 0.579. The highest BCUT2D eigenvalue weighted by Gasteiger charge is 2.07. The number of halogens is 1. The van der Waals surface area contributed by atoms with Gasteiger partial charge in [0.25, 0.3) is 0 Å². The van der Waals surface area contributed by atoms with Crippen molar-refractivity contribution >= 4 is 32.6 Å². The summed E-state index contributed by atoms with van der Waals surface area (Å²) in [4.78, 5) is 0. The summed E-state index contributed by atoms with van der Waals surface area (Å²) in [5, 5.41) is 0. The van der Waals surface area contributed by atoms with Gasteiger partial charge in [-0.3, -0.25) is 0 Å². The second-order valence-electron chi connectivity index (χ2n) is 2.10. The van der Waals surface area contributed by atoms with Crippen molar-refractivity contribution in [1.82, 2.24) is 4.72 Å². The van der Waals surface area contributed by atoms with E-state index in [2.05, 4.69) is 27.3 Å². The maximum atomic E-state index is 11.1. The SMILES string of the molecule is CCOCCS(=O)(=O)NCCI. The fourth-order valence-corrected chi connectivity index (χ4v) is 2.11. The van der Waals surface area contributed by atoms with Crippen molar-refractivity contribution < 1.29 is 13.2 Å². The smallest absolute Gasteiger partial charge is 0.213 e. The average Bonchev–Trinajstić information content (AvgIpc) is 2.01. The van der Waals surface area contributed by atoms with Gasteiger partial charge in [0, 0.05) is 17.6 Å². The largest absolute Gasteiger partial charge is 0.381 e. The van der Waals surface area contributed by atoms with Gasteiger partial charge in [0.05, 0.1) is 12.4 Å². The molecule has 6 heteroatoms. The van der Waals surface area contributed by atoms with Crippen molar-refractivity contribution in [3.63, 3.8) is 0 Å². The molecule has 0 spiro atoms. The molecule has 0 rings (SSSR count). The van der Waals surface area contributed by atoms with Crippen LogP contribution in [0.3, 0.4) is 0 Å². The van der Waals surface area contributed by atoms with Crippen LogP contribution in [0.5, 0.6) is 0 Å². The standard InChI is InChI=1S/C6H14INO3S/c1-2-11-5-6-12(9,10)8-4-3-7/h8H,2-6H2,1H3. The van der Waals surface area contributed by atoms with Crippen molar-refractivity contribution in [3.05, 3.63) is 0 Å². The van der Waals surface area contributed by atoms with E-state index in [4.69, 9.17) is 4.74 Å². The summed E-state index contributed by atoms with van der Waals surface area (Å²) in [7, 11) is -3.10. The molecule has 12 heavy (non-hydrogen) atoms. The third-order valence-electron chi connectivity index (χ3n) is 1.12. The van der Waals surface area contributed by atoms with Gasteiger partial charge < -0.3 is 4.74 Å². The minimum absolute atomic E-state index is 0.0531. The Kier molecular flexibility index (Phi) is 7.40. The molecule has 4 nitrogen and oxygen atoms in total. The van der Waals surface area contributed by atoms with Gasteiger partial charge in [-0.2, -0.15) is 0 Å². The number of hydrogen-bond acceptors (Lipinski definition) is 3. The molecule has 0 radical (unpaired) electrons. The molecule has 0 aromatic rings. The highest BCUT2D eigenvalue weighted by Crippen LogP contribution is 1.86. The van der Waals surface area contributed by atoms with Gasteiger partial charge in [0.1, 0.15) is 0 Å². The number of rotatable bonds is 7. The molecule has 0 heterocycles. The lowest BCUT2D eigenvalue weighted by atomic mass is 10.8. The molecule has 0 saturated carbocycles. The number of nitrogens with one attached hydrogen (secondary N) is 1. The van der Waals surface area contributed by atoms with Crippen LogP contribution in [-0.4, -0.2) is 38.4 Å². The zero-order valence-corrected chi connectivity index (χ0v) is 10.0. The molecule has 1 N–H and O–H groups in total. The summed E-state index contributed by atoms with van der Waals surface area (Å²) < 4.78 is 30.3. The van der Waals surface area contributed by atoms with Crippen LogP contribution in [0.1, 0.15) is 6.92 Å². The Morgan fingerprint density at radius 2 is 2.17 bits per heavy atom. The van der Waals surface area contributed by atoms with Gasteiger partial charge in [-0.15, -0.1) is 0 Å². The van der Waals surface area contributed by atoms with E-state index in [-0.39, 0.29) is 12.4 Å². The lowest BCUT2D eigenvalue weighted by Crippen LogP contribution is -2.29. The van der Waals surface area contributed by atoms with Gasteiger partial charge in [0.2, 0.25) is 10.0 Å². The van der Waals surface area contributed by atoms with E-state index in [1.165, 1.54) is 0 Å². The Labute approximate surface area is 87.2 Å². The van der Waals surface area contributed by atoms with Crippen molar-refractivity contribution in [2.24, 2.45) is 0 Å². The molecule has 0 unspecified atom stereocenters. The lowest BCUT2D eigenvalue weighted by molar-refractivity contribution is 0.163. The molecule has 0 aliphatic rings. The highest BCUT2D eigenvalue weighted by molar-refractivity contribution is 14.1. The van der Waals surface area contributed by atoms with Gasteiger partial charge in [-0.05, 0) is 6.92 Å². The molecule has 0 bridgehead atoms. The molecular weight excluding hydrogens is 293 g/mol. The molecule has 0 aromatic carbocycles. The second kappa shape index (κ2) is 7.05. The highest BCUT2D eigenvalue weighted by atomic mass is 127. The van der Waals surface area contributed by atoms with Gasteiger partial charge in [-0.1, -0.05) is 22.6 Å². The van der Waals surface area contributed by atoms with Crippen LogP contribution in [0.15, 0.2) is 0 Å². The summed E-state index contributed by atoms with van der Waals surface area (Å²) in [5.74, 6) is 0.0531. The van der Waals surface area contributed by atoms with Crippen LogP contribution in [0, 0.1) is 0 Å². The van der Waals surface area contributed by atoms with E-state index in [1.54, 1.807) is 0 Å². The van der Waals surface area contributed by atoms with E-state index < -0.39 is 10.0 Å². The minimum Gasteiger partial charge on any atom is -0.381 e.